The first-order chi connectivity index (χ1) is 9.22. The topological polar surface area (TPSA) is 12.5 Å². The minimum atomic E-state index is 0.419. The first-order valence-corrected chi connectivity index (χ1v) is 8.60. The summed E-state index contributed by atoms with van der Waals surface area (Å²) in [7, 11) is 0. The molecule has 0 bridgehead atoms. The van der Waals surface area contributed by atoms with Crippen LogP contribution in [0.25, 0.3) is 0 Å². The summed E-state index contributed by atoms with van der Waals surface area (Å²) in [6.45, 7) is 10.2. The Kier molecular flexibility index (Phi) is 9.54. The van der Waals surface area contributed by atoms with Gasteiger partial charge in [-0.15, -0.1) is 0 Å². The molecule has 1 saturated heterocycles. The molecule has 1 aliphatic rings. The highest BCUT2D eigenvalue weighted by Gasteiger charge is 2.21. The largest absolute Gasteiger partial charge is 0.373 e. The lowest BCUT2D eigenvalue weighted by Crippen LogP contribution is -2.45. The van der Waals surface area contributed by atoms with E-state index in [1.165, 1.54) is 64.3 Å². The fourth-order valence-electron chi connectivity index (χ4n) is 3.11. The molecule has 2 nitrogen and oxygen atoms in total. The van der Waals surface area contributed by atoms with Gasteiger partial charge in [0.25, 0.3) is 0 Å². The molecule has 114 valence electrons. The van der Waals surface area contributed by atoms with Crippen LogP contribution >= 0.6 is 0 Å². The molecule has 1 aliphatic heterocycles. The van der Waals surface area contributed by atoms with Gasteiger partial charge in [0, 0.05) is 13.1 Å². The highest BCUT2D eigenvalue weighted by atomic mass is 16.5. The second kappa shape index (κ2) is 10.7. The second-order valence-electron chi connectivity index (χ2n) is 6.35. The van der Waals surface area contributed by atoms with Crippen molar-refractivity contribution in [2.75, 3.05) is 19.6 Å². The number of ether oxygens (including phenoxy) is 1. The Labute approximate surface area is 120 Å². The maximum absolute atomic E-state index is 5.77. The van der Waals surface area contributed by atoms with Crippen LogP contribution < -0.4 is 0 Å². The number of unbranched alkanes of at least 4 members (excludes halogenated alkanes) is 8. The molecule has 0 aromatic carbocycles. The quantitative estimate of drug-likeness (QED) is 0.536. The van der Waals surface area contributed by atoms with Crippen molar-refractivity contribution in [1.82, 2.24) is 4.90 Å². The van der Waals surface area contributed by atoms with Crippen LogP contribution in [0, 0.1) is 0 Å². The zero-order chi connectivity index (χ0) is 13.9. The molecule has 0 aliphatic carbocycles. The van der Waals surface area contributed by atoms with Crippen molar-refractivity contribution in [1.29, 1.82) is 0 Å². The zero-order valence-corrected chi connectivity index (χ0v) is 13.5. The van der Waals surface area contributed by atoms with E-state index in [-0.39, 0.29) is 0 Å². The van der Waals surface area contributed by atoms with Gasteiger partial charge >= 0.3 is 0 Å². The maximum Gasteiger partial charge on any atom is 0.0678 e. The second-order valence-corrected chi connectivity index (χ2v) is 6.35. The Morgan fingerprint density at radius 2 is 1.26 bits per heavy atom. The molecule has 1 heterocycles. The third-order valence-corrected chi connectivity index (χ3v) is 4.07. The van der Waals surface area contributed by atoms with Crippen LogP contribution in [0.1, 0.15) is 78.6 Å². The average molecular weight is 269 g/mol. The van der Waals surface area contributed by atoms with Crippen molar-refractivity contribution < 1.29 is 4.74 Å². The zero-order valence-electron chi connectivity index (χ0n) is 13.5. The molecule has 0 aromatic rings. The molecule has 0 spiro atoms. The van der Waals surface area contributed by atoms with Crippen molar-refractivity contribution in [3.8, 4) is 0 Å². The van der Waals surface area contributed by atoms with E-state index in [0.717, 1.165) is 13.1 Å². The van der Waals surface area contributed by atoms with Gasteiger partial charge in [0.05, 0.1) is 12.2 Å². The van der Waals surface area contributed by atoms with E-state index < -0.39 is 0 Å². The molecule has 0 aromatic heterocycles. The van der Waals surface area contributed by atoms with Crippen LogP contribution in [0.5, 0.6) is 0 Å². The van der Waals surface area contributed by atoms with E-state index in [4.69, 9.17) is 4.74 Å². The molecule has 19 heavy (non-hydrogen) atoms. The lowest BCUT2D eigenvalue weighted by atomic mass is 10.1. The average Bonchev–Trinajstić information content (AvgIpc) is 2.36. The van der Waals surface area contributed by atoms with E-state index in [1.807, 2.05) is 0 Å². The lowest BCUT2D eigenvalue weighted by molar-refractivity contribution is -0.0681. The van der Waals surface area contributed by atoms with E-state index >= 15 is 0 Å². The van der Waals surface area contributed by atoms with E-state index in [9.17, 15) is 0 Å². The van der Waals surface area contributed by atoms with Crippen LogP contribution in [-0.4, -0.2) is 36.7 Å². The van der Waals surface area contributed by atoms with E-state index in [0.29, 0.717) is 12.2 Å². The Hall–Kier alpha value is -0.0800. The van der Waals surface area contributed by atoms with Crippen molar-refractivity contribution in [3.63, 3.8) is 0 Å². The summed E-state index contributed by atoms with van der Waals surface area (Å²) in [4.78, 5) is 2.58. The highest BCUT2D eigenvalue weighted by Crippen LogP contribution is 2.13. The van der Waals surface area contributed by atoms with Gasteiger partial charge in [-0.1, -0.05) is 58.3 Å². The first-order valence-electron chi connectivity index (χ1n) is 8.60. The van der Waals surface area contributed by atoms with Gasteiger partial charge in [-0.2, -0.15) is 0 Å². The van der Waals surface area contributed by atoms with Crippen LogP contribution in [-0.2, 0) is 4.74 Å². The summed E-state index contributed by atoms with van der Waals surface area (Å²) in [5.41, 5.74) is 0. The Morgan fingerprint density at radius 3 is 1.79 bits per heavy atom. The summed E-state index contributed by atoms with van der Waals surface area (Å²) in [6.07, 6.45) is 13.6. The van der Waals surface area contributed by atoms with Crippen LogP contribution in [0.15, 0.2) is 0 Å². The Morgan fingerprint density at radius 1 is 0.789 bits per heavy atom. The number of morpholine rings is 1. The molecule has 1 rings (SSSR count). The Bertz CT molecular complexity index is 197. The van der Waals surface area contributed by atoms with Crippen LogP contribution in [0.2, 0.25) is 0 Å². The van der Waals surface area contributed by atoms with Crippen LogP contribution in [0.3, 0.4) is 0 Å². The van der Waals surface area contributed by atoms with Gasteiger partial charge in [0.2, 0.25) is 0 Å². The predicted molar refractivity (Wildman–Crippen MR) is 83.7 cm³/mol. The molecule has 0 radical (unpaired) electrons. The SMILES string of the molecule is CCCCCCCCCCCN1CC(C)OC(C)C1. The molecule has 0 amide bonds. The standard InChI is InChI=1S/C17H35NO/c1-4-5-6-7-8-9-10-11-12-13-18-14-16(2)19-17(3)15-18/h16-17H,4-15H2,1-3H3. The number of rotatable bonds is 10. The van der Waals surface area contributed by atoms with Gasteiger partial charge in [-0.05, 0) is 26.8 Å². The molecule has 2 atom stereocenters. The summed E-state index contributed by atoms with van der Waals surface area (Å²) in [6, 6.07) is 0. The third-order valence-electron chi connectivity index (χ3n) is 4.07. The summed E-state index contributed by atoms with van der Waals surface area (Å²) < 4.78 is 5.77. The monoisotopic (exact) mass is 269 g/mol. The Balaban J connectivity index is 1.87. The van der Waals surface area contributed by atoms with Crippen molar-refractivity contribution >= 4 is 0 Å². The van der Waals surface area contributed by atoms with Gasteiger partial charge in [0.1, 0.15) is 0 Å². The van der Waals surface area contributed by atoms with Crippen molar-refractivity contribution in [2.45, 2.75) is 90.8 Å². The van der Waals surface area contributed by atoms with Gasteiger partial charge in [0.15, 0.2) is 0 Å². The van der Waals surface area contributed by atoms with Crippen molar-refractivity contribution in [2.24, 2.45) is 0 Å². The minimum Gasteiger partial charge on any atom is -0.373 e. The third kappa shape index (κ3) is 8.65. The fraction of sp³-hybridized carbons (Fsp3) is 1.00. The van der Waals surface area contributed by atoms with Crippen LogP contribution in [0.4, 0.5) is 0 Å². The molecule has 0 N–H and O–H groups in total. The summed E-state index contributed by atoms with van der Waals surface area (Å²) in [5.74, 6) is 0. The molecule has 1 fully saturated rings. The molecular weight excluding hydrogens is 234 g/mol. The normalized spacial score (nSPS) is 24.8. The molecule has 0 saturated carbocycles. The maximum atomic E-state index is 5.77. The van der Waals surface area contributed by atoms with Crippen molar-refractivity contribution in [3.05, 3.63) is 0 Å². The number of nitrogens with zero attached hydrogens (tertiary/aromatic N) is 1. The van der Waals surface area contributed by atoms with Gasteiger partial charge in [-0.3, -0.25) is 4.90 Å². The first kappa shape index (κ1) is 17.0. The van der Waals surface area contributed by atoms with E-state index in [1.54, 1.807) is 0 Å². The lowest BCUT2D eigenvalue weighted by Gasteiger charge is -2.35. The summed E-state index contributed by atoms with van der Waals surface area (Å²) in [5, 5.41) is 0. The number of hydrogen-bond donors (Lipinski definition) is 0. The van der Waals surface area contributed by atoms with E-state index in [2.05, 4.69) is 25.7 Å². The predicted octanol–water partition coefficient (Wildman–Crippen LogP) is 4.63. The fourth-order valence-corrected chi connectivity index (χ4v) is 3.11. The molecule has 2 unspecified atom stereocenters. The molecule has 2 heteroatoms. The smallest absolute Gasteiger partial charge is 0.0678 e. The van der Waals surface area contributed by atoms with Gasteiger partial charge < -0.3 is 4.74 Å². The molecular formula is C17H35NO. The highest BCUT2D eigenvalue weighted by molar-refractivity contribution is 4.72. The minimum absolute atomic E-state index is 0.419. The summed E-state index contributed by atoms with van der Waals surface area (Å²) >= 11 is 0. The number of hydrogen-bond acceptors (Lipinski definition) is 2. The van der Waals surface area contributed by atoms with Gasteiger partial charge in [-0.25, -0.2) is 0 Å².